The van der Waals surface area contributed by atoms with Crippen molar-refractivity contribution < 1.29 is 14.8 Å². The second kappa shape index (κ2) is 9.90. The van der Waals surface area contributed by atoms with Gasteiger partial charge in [0.25, 0.3) is 11.8 Å². The lowest BCUT2D eigenvalue weighted by Gasteiger charge is -2.10. The minimum absolute atomic E-state index is 0.0800. The van der Waals surface area contributed by atoms with Gasteiger partial charge in [-0.15, -0.1) is 0 Å². The van der Waals surface area contributed by atoms with Gasteiger partial charge in [0.1, 0.15) is 0 Å². The van der Waals surface area contributed by atoms with Gasteiger partial charge in [0.2, 0.25) is 0 Å². The van der Waals surface area contributed by atoms with Crippen molar-refractivity contribution in [2.75, 3.05) is 0 Å². The fraction of sp³-hybridized carbons (Fsp3) is 0.111. The summed E-state index contributed by atoms with van der Waals surface area (Å²) >= 11 is 0. The smallest absolute Gasteiger partial charge is 0.267 e. The van der Waals surface area contributed by atoms with Crippen LogP contribution in [0.3, 0.4) is 0 Å². The molecule has 5 heteroatoms. The van der Waals surface area contributed by atoms with E-state index in [0.717, 1.165) is 40.7 Å². The van der Waals surface area contributed by atoms with Crippen LogP contribution in [0.4, 0.5) is 0 Å². The normalized spacial score (nSPS) is 13.7. The molecule has 1 aliphatic carbocycles. The molecule has 0 spiro atoms. The standard InChI is InChI=1S/C27H24N2O3/c30-26(29-32)17-10-19-6-8-20(9-7-19)18-25(27(31)28-24-15-16-24)23-13-11-22(12-14-23)21-4-2-1-3-5-21/h1-14,17-18,24,32H,15-16H2,(H,28,31)(H,29,30)/b17-10+,25-18?. The SMILES string of the molecule is O=C(/C=C/c1ccc(C=C(C(=O)NC2CC2)c2ccc(-c3ccccc3)cc2)cc1)NO. The third-order valence-corrected chi connectivity index (χ3v) is 5.25. The van der Waals surface area contributed by atoms with Crippen LogP contribution in [-0.4, -0.2) is 23.1 Å². The van der Waals surface area contributed by atoms with Crippen molar-refractivity contribution in [3.63, 3.8) is 0 Å². The van der Waals surface area contributed by atoms with E-state index in [1.165, 1.54) is 6.08 Å². The molecule has 0 bridgehead atoms. The maximum atomic E-state index is 13.0. The van der Waals surface area contributed by atoms with E-state index in [1.807, 2.05) is 72.8 Å². The molecule has 32 heavy (non-hydrogen) atoms. The molecule has 1 aliphatic rings. The first-order valence-corrected chi connectivity index (χ1v) is 10.5. The Morgan fingerprint density at radius 2 is 1.44 bits per heavy atom. The zero-order chi connectivity index (χ0) is 22.3. The lowest BCUT2D eigenvalue weighted by molar-refractivity contribution is -0.124. The van der Waals surface area contributed by atoms with E-state index in [9.17, 15) is 9.59 Å². The maximum absolute atomic E-state index is 13.0. The summed E-state index contributed by atoms with van der Waals surface area (Å²) in [6, 6.07) is 25.9. The number of carbonyl (C=O) groups is 2. The second-order valence-corrected chi connectivity index (χ2v) is 7.73. The molecule has 5 nitrogen and oxygen atoms in total. The molecular formula is C27H24N2O3. The van der Waals surface area contributed by atoms with Crippen LogP contribution in [0.5, 0.6) is 0 Å². The molecule has 0 saturated heterocycles. The number of hydroxylamine groups is 1. The number of amides is 2. The third-order valence-electron chi connectivity index (χ3n) is 5.25. The van der Waals surface area contributed by atoms with Crippen LogP contribution in [0, 0.1) is 0 Å². The molecule has 0 heterocycles. The molecule has 0 radical (unpaired) electrons. The van der Waals surface area contributed by atoms with Gasteiger partial charge in [-0.3, -0.25) is 14.8 Å². The Bertz CT molecular complexity index is 1140. The topological polar surface area (TPSA) is 78.4 Å². The first kappa shape index (κ1) is 21.3. The molecular weight excluding hydrogens is 400 g/mol. The van der Waals surface area contributed by atoms with Gasteiger partial charge in [-0.05, 0) is 52.8 Å². The summed E-state index contributed by atoms with van der Waals surface area (Å²) in [6.45, 7) is 0. The molecule has 160 valence electrons. The van der Waals surface area contributed by atoms with Gasteiger partial charge in [-0.2, -0.15) is 0 Å². The molecule has 3 N–H and O–H groups in total. The van der Waals surface area contributed by atoms with E-state index >= 15 is 0 Å². The van der Waals surface area contributed by atoms with E-state index in [2.05, 4.69) is 17.4 Å². The lowest BCUT2D eigenvalue weighted by Crippen LogP contribution is -2.26. The number of carbonyl (C=O) groups excluding carboxylic acids is 2. The zero-order valence-corrected chi connectivity index (χ0v) is 17.5. The average molecular weight is 425 g/mol. The summed E-state index contributed by atoms with van der Waals surface area (Å²) < 4.78 is 0. The fourth-order valence-electron chi connectivity index (χ4n) is 3.32. The van der Waals surface area contributed by atoms with Crippen LogP contribution in [0.15, 0.2) is 84.9 Å². The molecule has 1 saturated carbocycles. The highest BCUT2D eigenvalue weighted by Crippen LogP contribution is 2.26. The molecule has 1 fully saturated rings. The highest BCUT2D eigenvalue weighted by Gasteiger charge is 2.25. The van der Waals surface area contributed by atoms with Crippen LogP contribution >= 0.6 is 0 Å². The Morgan fingerprint density at radius 3 is 2.06 bits per heavy atom. The predicted octanol–water partition coefficient (Wildman–Crippen LogP) is 4.69. The fourth-order valence-corrected chi connectivity index (χ4v) is 3.32. The van der Waals surface area contributed by atoms with Crippen molar-refractivity contribution in [3.05, 3.63) is 102 Å². The average Bonchev–Trinajstić information content (AvgIpc) is 3.66. The van der Waals surface area contributed by atoms with E-state index < -0.39 is 5.91 Å². The van der Waals surface area contributed by atoms with Crippen LogP contribution < -0.4 is 10.8 Å². The highest BCUT2D eigenvalue weighted by molar-refractivity contribution is 6.24. The number of hydrogen-bond acceptors (Lipinski definition) is 3. The quantitative estimate of drug-likeness (QED) is 0.223. The first-order chi connectivity index (χ1) is 15.6. The third kappa shape index (κ3) is 5.59. The minimum atomic E-state index is -0.591. The number of nitrogens with one attached hydrogen (secondary N) is 2. The Kier molecular flexibility index (Phi) is 6.58. The molecule has 3 aromatic rings. The van der Waals surface area contributed by atoms with Crippen LogP contribution in [0.25, 0.3) is 28.9 Å². The molecule has 0 aromatic heterocycles. The van der Waals surface area contributed by atoms with Gasteiger partial charge in [0.05, 0.1) is 0 Å². The zero-order valence-electron chi connectivity index (χ0n) is 17.5. The maximum Gasteiger partial charge on any atom is 0.267 e. The van der Waals surface area contributed by atoms with Crippen LogP contribution in [0.2, 0.25) is 0 Å². The Labute approximate surface area is 187 Å². The highest BCUT2D eigenvalue weighted by atomic mass is 16.5. The van der Waals surface area contributed by atoms with Crippen molar-refractivity contribution in [1.82, 2.24) is 10.8 Å². The molecule has 2 amide bonds. The Morgan fingerprint density at radius 1 is 0.812 bits per heavy atom. The molecule has 0 aliphatic heterocycles. The van der Waals surface area contributed by atoms with Crippen molar-refractivity contribution in [2.24, 2.45) is 0 Å². The van der Waals surface area contributed by atoms with Crippen molar-refractivity contribution in [1.29, 1.82) is 0 Å². The van der Waals surface area contributed by atoms with E-state index in [4.69, 9.17) is 5.21 Å². The monoisotopic (exact) mass is 424 g/mol. The van der Waals surface area contributed by atoms with E-state index in [0.29, 0.717) is 5.57 Å². The first-order valence-electron chi connectivity index (χ1n) is 10.5. The van der Waals surface area contributed by atoms with Gasteiger partial charge in [-0.25, -0.2) is 5.48 Å². The molecule has 3 aromatic carbocycles. The second-order valence-electron chi connectivity index (χ2n) is 7.73. The number of rotatable bonds is 7. The van der Waals surface area contributed by atoms with Crippen molar-refractivity contribution in [2.45, 2.75) is 18.9 Å². The van der Waals surface area contributed by atoms with Crippen LogP contribution in [-0.2, 0) is 9.59 Å². The summed E-state index contributed by atoms with van der Waals surface area (Å²) in [5.74, 6) is -0.671. The van der Waals surface area contributed by atoms with Crippen LogP contribution in [0.1, 0.15) is 29.5 Å². The van der Waals surface area contributed by atoms with Gasteiger partial charge < -0.3 is 5.32 Å². The van der Waals surface area contributed by atoms with Crippen molar-refractivity contribution in [3.8, 4) is 11.1 Å². The summed E-state index contributed by atoms with van der Waals surface area (Å²) in [5, 5.41) is 11.7. The predicted molar refractivity (Wildman–Crippen MR) is 126 cm³/mol. The van der Waals surface area contributed by atoms with Gasteiger partial charge in [0.15, 0.2) is 0 Å². The largest absolute Gasteiger partial charge is 0.349 e. The molecule has 0 unspecified atom stereocenters. The Balaban J connectivity index is 1.60. The molecule has 4 rings (SSSR count). The summed E-state index contributed by atoms with van der Waals surface area (Å²) in [6.07, 6.45) is 6.77. The number of hydrogen-bond donors (Lipinski definition) is 3. The lowest BCUT2D eigenvalue weighted by atomic mass is 9.98. The van der Waals surface area contributed by atoms with Crippen molar-refractivity contribution >= 4 is 29.5 Å². The van der Waals surface area contributed by atoms with E-state index in [1.54, 1.807) is 11.6 Å². The van der Waals surface area contributed by atoms with E-state index in [-0.39, 0.29) is 11.9 Å². The molecule has 0 atom stereocenters. The number of benzene rings is 3. The summed E-state index contributed by atoms with van der Waals surface area (Å²) in [7, 11) is 0. The summed E-state index contributed by atoms with van der Waals surface area (Å²) in [4.78, 5) is 24.1. The van der Waals surface area contributed by atoms with Gasteiger partial charge >= 0.3 is 0 Å². The minimum Gasteiger partial charge on any atom is -0.349 e. The van der Waals surface area contributed by atoms with Gasteiger partial charge in [-0.1, -0.05) is 78.9 Å². The van der Waals surface area contributed by atoms with Gasteiger partial charge in [0, 0.05) is 17.7 Å². The summed E-state index contributed by atoms with van der Waals surface area (Å²) in [5.41, 5.74) is 6.93. The Hall–Kier alpha value is -3.96.